The number of rotatable bonds is 8. The van der Waals surface area contributed by atoms with Crippen LogP contribution in [0.3, 0.4) is 0 Å². The molecular weight excluding hydrogens is 401 g/mol. The molecule has 0 radical (unpaired) electrons. The van der Waals surface area contributed by atoms with E-state index in [2.05, 4.69) is 29.4 Å². The molecule has 2 atom stereocenters. The zero-order valence-corrected chi connectivity index (χ0v) is 16.7. The van der Waals surface area contributed by atoms with Crippen LogP contribution >= 0.6 is 0 Å². The number of nitrogens with one attached hydrogen (secondary N) is 1. The van der Waals surface area contributed by atoms with Crippen LogP contribution in [0.4, 0.5) is 13.2 Å². The first-order valence-corrected chi connectivity index (χ1v) is 9.23. The fraction of sp³-hybridized carbons (Fsp3) is 0.381. The lowest BCUT2D eigenvalue weighted by atomic mass is 10.0. The third-order valence-electron chi connectivity index (χ3n) is 4.14. The van der Waals surface area contributed by atoms with Crippen molar-refractivity contribution in [2.24, 2.45) is 0 Å². The Morgan fingerprint density at radius 1 is 1.10 bits per heavy atom. The van der Waals surface area contributed by atoms with Crippen molar-refractivity contribution in [3.8, 4) is 0 Å². The molecule has 1 aromatic carbocycles. The van der Waals surface area contributed by atoms with Crippen molar-refractivity contribution < 1.29 is 33.0 Å². The number of nitrogens with zero attached hydrogens (tertiary/aromatic N) is 1. The summed E-state index contributed by atoms with van der Waals surface area (Å²) < 4.78 is 31.7. The number of hydrogen-bond acceptors (Lipinski definition) is 4. The number of aromatic nitrogens is 1. The molecule has 1 aromatic heterocycles. The van der Waals surface area contributed by atoms with Gasteiger partial charge in [-0.1, -0.05) is 36.4 Å². The summed E-state index contributed by atoms with van der Waals surface area (Å²) in [6.07, 6.45) is -1.65. The average molecular weight is 426 g/mol. The predicted octanol–water partition coefficient (Wildman–Crippen LogP) is 4.15. The molecule has 0 aliphatic carbocycles. The summed E-state index contributed by atoms with van der Waals surface area (Å²) in [7, 11) is 0. The van der Waals surface area contributed by atoms with Gasteiger partial charge >= 0.3 is 18.1 Å². The topological polar surface area (TPSA) is 99.5 Å². The van der Waals surface area contributed by atoms with Gasteiger partial charge in [0.1, 0.15) is 0 Å². The zero-order chi connectivity index (χ0) is 22.7. The second-order valence-electron chi connectivity index (χ2n) is 6.77. The molecule has 0 saturated carbocycles. The summed E-state index contributed by atoms with van der Waals surface area (Å²) in [5, 5.41) is 19.6. The van der Waals surface area contributed by atoms with Crippen LogP contribution in [0.5, 0.6) is 0 Å². The molecule has 0 aliphatic rings. The van der Waals surface area contributed by atoms with E-state index in [0.29, 0.717) is 6.42 Å². The third-order valence-corrected chi connectivity index (χ3v) is 4.14. The first kappa shape index (κ1) is 25.1. The van der Waals surface area contributed by atoms with Gasteiger partial charge in [-0.15, -0.1) is 0 Å². The highest BCUT2D eigenvalue weighted by Crippen LogP contribution is 2.15. The van der Waals surface area contributed by atoms with Gasteiger partial charge in [-0.25, -0.2) is 4.79 Å². The van der Waals surface area contributed by atoms with Gasteiger partial charge in [0.05, 0.1) is 5.69 Å². The Hall–Kier alpha value is -2.94. The number of carbonyl (C=O) groups is 2. The largest absolute Gasteiger partial charge is 0.490 e. The second kappa shape index (κ2) is 11.9. The van der Waals surface area contributed by atoms with Crippen molar-refractivity contribution in [3.05, 3.63) is 65.5 Å². The van der Waals surface area contributed by atoms with Crippen LogP contribution in [0.1, 0.15) is 42.6 Å². The van der Waals surface area contributed by atoms with Gasteiger partial charge in [0.25, 0.3) is 0 Å². The van der Waals surface area contributed by atoms with Crippen LogP contribution in [0.2, 0.25) is 0 Å². The Kier molecular flexibility index (Phi) is 9.97. The van der Waals surface area contributed by atoms with Crippen molar-refractivity contribution in [3.63, 3.8) is 0 Å². The molecule has 0 amide bonds. The van der Waals surface area contributed by atoms with Crippen LogP contribution in [0.15, 0.2) is 48.7 Å². The summed E-state index contributed by atoms with van der Waals surface area (Å²) in [4.78, 5) is 24.3. The van der Waals surface area contributed by atoms with Crippen LogP contribution in [-0.2, 0) is 16.0 Å². The monoisotopic (exact) mass is 426 g/mol. The minimum atomic E-state index is -5.08. The Morgan fingerprint density at radius 3 is 2.17 bits per heavy atom. The molecule has 1 heterocycles. The number of benzene rings is 1. The lowest BCUT2D eigenvalue weighted by Crippen LogP contribution is -2.34. The molecule has 0 spiro atoms. The van der Waals surface area contributed by atoms with Gasteiger partial charge < -0.3 is 15.5 Å². The summed E-state index contributed by atoms with van der Waals surface area (Å²) in [5.41, 5.74) is 3.32. The SMILES string of the molecule is Cc1ccc(C(C)NC(CCC(=O)O)Cc2ccccc2)nc1.O=C(O)C(F)(F)F. The highest BCUT2D eigenvalue weighted by atomic mass is 19.4. The summed E-state index contributed by atoms with van der Waals surface area (Å²) >= 11 is 0. The lowest BCUT2D eigenvalue weighted by Gasteiger charge is -2.23. The highest BCUT2D eigenvalue weighted by molar-refractivity contribution is 5.73. The standard InChI is InChI=1S/C19H24N2O2.C2HF3O2/c1-14-8-10-18(20-13-14)15(2)21-17(9-11-19(22)23)12-16-6-4-3-5-7-16;3-2(4,5)1(6)7/h3-8,10,13,15,17,21H,9,11-12H2,1-2H3,(H,22,23);(H,6,7). The second-order valence-corrected chi connectivity index (χ2v) is 6.77. The highest BCUT2D eigenvalue weighted by Gasteiger charge is 2.38. The van der Waals surface area contributed by atoms with Gasteiger partial charge in [-0.2, -0.15) is 13.2 Å². The van der Waals surface area contributed by atoms with Crippen molar-refractivity contribution in [1.82, 2.24) is 10.3 Å². The minimum Gasteiger partial charge on any atom is -0.481 e. The lowest BCUT2D eigenvalue weighted by molar-refractivity contribution is -0.192. The maximum absolute atomic E-state index is 10.9. The van der Waals surface area contributed by atoms with Crippen molar-refractivity contribution in [1.29, 1.82) is 0 Å². The van der Waals surface area contributed by atoms with Crippen molar-refractivity contribution in [2.45, 2.75) is 51.4 Å². The third kappa shape index (κ3) is 10.0. The molecule has 0 bridgehead atoms. The number of halogens is 3. The fourth-order valence-corrected chi connectivity index (χ4v) is 2.61. The Morgan fingerprint density at radius 2 is 1.70 bits per heavy atom. The molecule has 0 saturated heterocycles. The Bertz CT molecular complexity index is 796. The average Bonchev–Trinajstić information content (AvgIpc) is 2.67. The van der Waals surface area contributed by atoms with Crippen LogP contribution in [0.25, 0.3) is 0 Å². The van der Waals surface area contributed by atoms with E-state index in [1.54, 1.807) is 0 Å². The molecule has 2 unspecified atom stereocenters. The fourth-order valence-electron chi connectivity index (χ4n) is 2.61. The number of pyridine rings is 1. The van der Waals surface area contributed by atoms with E-state index in [0.717, 1.165) is 17.7 Å². The van der Waals surface area contributed by atoms with E-state index in [1.807, 2.05) is 43.5 Å². The Labute approximate surface area is 172 Å². The number of hydrogen-bond donors (Lipinski definition) is 3. The maximum Gasteiger partial charge on any atom is 0.490 e. The number of carboxylic acid groups (broad SMARTS) is 2. The van der Waals surface area contributed by atoms with Crippen molar-refractivity contribution in [2.75, 3.05) is 0 Å². The molecule has 9 heteroatoms. The first-order chi connectivity index (χ1) is 14.0. The molecule has 3 N–H and O–H groups in total. The normalized spacial score (nSPS) is 13.0. The molecule has 0 aliphatic heterocycles. The number of aryl methyl sites for hydroxylation is 1. The summed E-state index contributed by atoms with van der Waals surface area (Å²) in [6.45, 7) is 4.08. The number of aliphatic carboxylic acids is 2. The Balaban J connectivity index is 0.000000553. The number of alkyl halides is 3. The van der Waals surface area contributed by atoms with Crippen LogP contribution < -0.4 is 5.32 Å². The number of carboxylic acids is 2. The van der Waals surface area contributed by atoms with Crippen molar-refractivity contribution >= 4 is 11.9 Å². The van der Waals surface area contributed by atoms with Crippen LogP contribution in [-0.4, -0.2) is 39.4 Å². The first-order valence-electron chi connectivity index (χ1n) is 9.23. The minimum absolute atomic E-state index is 0.0816. The summed E-state index contributed by atoms with van der Waals surface area (Å²) in [5.74, 6) is -3.52. The van der Waals surface area contributed by atoms with Gasteiger partial charge in [0.2, 0.25) is 0 Å². The molecule has 2 aromatic rings. The quantitative estimate of drug-likeness (QED) is 0.587. The van der Waals surface area contributed by atoms with Gasteiger partial charge in [-0.05, 0) is 43.9 Å². The van der Waals surface area contributed by atoms with E-state index in [1.165, 1.54) is 5.56 Å². The zero-order valence-electron chi connectivity index (χ0n) is 16.7. The van der Waals surface area contributed by atoms with E-state index in [4.69, 9.17) is 15.0 Å². The van der Waals surface area contributed by atoms with Gasteiger partial charge in [0, 0.05) is 24.7 Å². The smallest absolute Gasteiger partial charge is 0.481 e. The van der Waals surface area contributed by atoms with Gasteiger partial charge in [0.15, 0.2) is 0 Å². The molecule has 6 nitrogen and oxygen atoms in total. The van der Waals surface area contributed by atoms with Gasteiger partial charge in [-0.3, -0.25) is 9.78 Å². The molecular formula is C21H25F3N2O4. The van der Waals surface area contributed by atoms with Crippen LogP contribution in [0, 0.1) is 6.92 Å². The predicted molar refractivity (Wildman–Crippen MR) is 105 cm³/mol. The maximum atomic E-state index is 10.9. The molecule has 2 rings (SSSR count). The van der Waals surface area contributed by atoms with E-state index in [-0.39, 0.29) is 18.5 Å². The molecule has 30 heavy (non-hydrogen) atoms. The van der Waals surface area contributed by atoms with E-state index >= 15 is 0 Å². The molecule has 0 fully saturated rings. The van der Waals surface area contributed by atoms with E-state index in [9.17, 15) is 18.0 Å². The van der Waals surface area contributed by atoms with E-state index < -0.39 is 18.1 Å². The molecule has 164 valence electrons. The summed E-state index contributed by atoms with van der Waals surface area (Å²) in [6, 6.07) is 14.4.